The van der Waals surface area contributed by atoms with Gasteiger partial charge in [0.15, 0.2) is 0 Å². The summed E-state index contributed by atoms with van der Waals surface area (Å²) in [4.78, 5) is 0. The van der Waals surface area contributed by atoms with Crippen LogP contribution in [0.5, 0.6) is 11.5 Å². The van der Waals surface area contributed by atoms with Crippen LogP contribution in [0.1, 0.15) is 36.1 Å². The zero-order valence-electron chi connectivity index (χ0n) is 21.2. The summed E-state index contributed by atoms with van der Waals surface area (Å²) in [5, 5.41) is 0. The number of fused-ring (bicyclic) bond motifs is 3. The quantitative estimate of drug-likeness (QED) is 0.237. The van der Waals surface area contributed by atoms with E-state index in [-0.39, 0.29) is 11.2 Å². The molecule has 4 nitrogen and oxygen atoms in total. The van der Waals surface area contributed by atoms with Gasteiger partial charge in [0, 0.05) is 0 Å². The molecule has 0 N–H and O–H groups in total. The third kappa shape index (κ3) is 3.83. The van der Waals surface area contributed by atoms with Crippen molar-refractivity contribution in [3.8, 4) is 22.6 Å². The lowest BCUT2D eigenvalue weighted by atomic mass is 9.68. The highest BCUT2D eigenvalue weighted by atomic mass is 16.6. The van der Waals surface area contributed by atoms with E-state index in [0.717, 1.165) is 24.7 Å². The molecule has 0 bridgehead atoms. The molecule has 0 aromatic heterocycles. The Kier molecular flexibility index (Phi) is 5.01. The van der Waals surface area contributed by atoms with Gasteiger partial charge in [-0.1, -0.05) is 72.8 Å². The van der Waals surface area contributed by atoms with Gasteiger partial charge in [-0.25, -0.2) is 0 Å². The van der Waals surface area contributed by atoms with E-state index >= 15 is 0 Å². The lowest BCUT2D eigenvalue weighted by molar-refractivity contribution is 0.202. The molecule has 2 fully saturated rings. The molecule has 4 aromatic rings. The van der Waals surface area contributed by atoms with E-state index in [0.29, 0.717) is 13.2 Å². The van der Waals surface area contributed by atoms with Crippen molar-refractivity contribution in [2.75, 3.05) is 26.4 Å². The molecule has 7 rings (SSSR count). The highest BCUT2D eigenvalue weighted by molar-refractivity contribution is 5.86. The molecule has 2 aliphatic heterocycles. The summed E-state index contributed by atoms with van der Waals surface area (Å²) in [6.07, 6.45) is 0. The second-order valence-electron chi connectivity index (χ2n) is 10.9. The van der Waals surface area contributed by atoms with Gasteiger partial charge in [0.25, 0.3) is 0 Å². The van der Waals surface area contributed by atoms with Crippen LogP contribution in [0.4, 0.5) is 0 Å². The normalized spacial score (nSPS) is 24.2. The predicted molar refractivity (Wildman–Crippen MR) is 143 cm³/mol. The number of ether oxygens (including phenoxy) is 4. The van der Waals surface area contributed by atoms with Crippen LogP contribution in [0.25, 0.3) is 11.1 Å². The minimum atomic E-state index is -0.443. The van der Waals surface area contributed by atoms with Crippen molar-refractivity contribution < 1.29 is 18.9 Å². The van der Waals surface area contributed by atoms with Crippen LogP contribution < -0.4 is 9.47 Å². The van der Waals surface area contributed by atoms with Crippen molar-refractivity contribution in [1.82, 2.24) is 0 Å². The third-order valence-electron chi connectivity index (χ3n) is 7.89. The van der Waals surface area contributed by atoms with Crippen LogP contribution in [0.2, 0.25) is 0 Å². The minimum absolute atomic E-state index is 0.143. The summed E-state index contributed by atoms with van der Waals surface area (Å²) in [6.45, 7) is 6.80. The van der Waals surface area contributed by atoms with Crippen LogP contribution in [-0.2, 0) is 14.9 Å². The number of rotatable bonds is 8. The Bertz CT molecular complexity index is 1330. The van der Waals surface area contributed by atoms with Gasteiger partial charge in [-0.2, -0.15) is 0 Å². The zero-order valence-corrected chi connectivity index (χ0v) is 21.2. The van der Waals surface area contributed by atoms with Crippen LogP contribution in [0, 0.1) is 0 Å². The zero-order chi connectivity index (χ0) is 25.1. The Morgan fingerprint density at radius 2 is 0.946 bits per heavy atom. The highest BCUT2D eigenvalue weighted by Gasteiger charge is 2.46. The Balaban J connectivity index is 1.33. The van der Waals surface area contributed by atoms with E-state index in [4.69, 9.17) is 18.9 Å². The first-order chi connectivity index (χ1) is 18.0. The lowest BCUT2D eigenvalue weighted by Crippen LogP contribution is -2.28. The molecule has 186 valence electrons. The molecule has 4 aromatic carbocycles. The van der Waals surface area contributed by atoms with Crippen molar-refractivity contribution in [2.24, 2.45) is 0 Å². The maximum atomic E-state index is 6.05. The van der Waals surface area contributed by atoms with E-state index in [9.17, 15) is 0 Å². The summed E-state index contributed by atoms with van der Waals surface area (Å²) in [6, 6.07) is 34.7. The largest absolute Gasteiger partial charge is 0.491 e. The maximum absolute atomic E-state index is 6.05. The smallest absolute Gasteiger partial charge is 0.123 e. The van der Waals surface area contributed by atoms with Gasteiger partial charge in [0.05, 0.1) is 18.6 Å². The Hall–Kier alpha value is -3.60. The average Bonchev–Trinajstić information content (AvgIpc) is 3.85. The minimum Gasteiger partial charge on any atom is -0.491 e. The van der Waals surface area contributed by atoms with Crippen LogP contribution in [0.15, 0.2) is 97.1 Å². The van der Waals surface area contributed by atoms with E-state index in [1.165, 1.54) is 33.4 Å². The summed E-state index contributed by atoms with van der Waals surface area (Å²) < 4.78 is 23.1. The second kappa shape index (κ2) is 8.20. The molecule has 0 spiro atoms. The van der Waals surface area contributed by atoms with Crippen LogP contribution in [-0.4, -0.2) is 37.6 Å². The molecule has 0 amide bonds. The first-order valence-corrected chi connectivity index (χ1v) is 12.9. The Morgan fingerprint density at radius 3 is 1.32 bits per heavy atom. The number of benzene rings is 4. The number of epoxide rings is 2. The molecule has 4 heteroatoms. The summed E-state index contributed by atoms with van der Waals surface area (Å²) in [7, 11) is 0. The first kappa shape index (κ1) is 22.6. The second-order valence-corrected chi connectivity index (χ2v) is 10.9. The SMILES string of the molecule is CC1(COc2ccc(C3(c4ccc(OCC5(C)CO5)cc4)c4ccccc4-c4ccccc43)cc2)CO1. The molecule has 2 unspecified atom stereocenters. The monoisotopic (exact) mass is 490 g/mol. The molecule has 1 aliphatic carbocycles. The van der Waals surface area contributed by atoms with Crippen LogP contribution in [0.3, 0.4) is 0 Å². The van der Waals surface area contributed by atoms with Crippen molar-refractivity contribution in [2.45, 2.75) is 30.5 Å². The topological polar surface area (TPSA) is 43.5 Å². The predicted octanol–water partition coefficient (Wildman–Crippen LogP) is 6.39. The Labute approximate surface area is 217 Å². The van der Waals surface area contributed by atoms with Gasteiger partial charge >= 0.3 is 0 Å². The summed E-state index contributed by atoms with van der Waals surface area (Å²) in [5.41, 5.74) is 6.81. The average molecular weight is 491 g/mol. The Morgan fingerprint density at radius 1 is 0.568 bits per heavy atom. The lowest BCUT2D eigenvalue weighted by Gasteiger charge is -2.34. The molecule has 0 radical (unpaired) electrons. The van der Waals surface area contributed by atoms with Crippen molar-refractivity contribution in [3.63, 3.8) is 0 Å². The summed E-state index contributed by atoms with van der Waals surface area (Å²) >= 11 is 0. The molecular formula is C33H30O4. The number of hydrogen-bond acceptors (Lipinski definition) is 4. The molecule has 3 aliphatic rings. The van der Waals surface area contributed by atoms with Crippen molar-refractivity contribution in [1.29, 1.82) is 0 Å². The fourth-order valence-corrected chi connectivity index (χ4v) is 5.51. The van der Waals surface area contributed by atoms with Gasteiger partial charge in [-0.05, 0) is 71.5 Å². The molecule has 2 heterocycles. The van der Waals surface area contributed by atoms with E-state index in [2.05, 4.69) is 111 Å². The first-order valence-electron chi connectivity index (χ1n) is 12.9. The van der Waals surface area contributed by atoms with Gasteiger partial charge in [0.1, 0.15) is 35.9 Å². The third-order valence-corrected chi connectivity index (χ3v) is 7.89. The number of hydrogen-bond donors (Lipinski definition) is 0. The maximum Gasteiger partial charge on any atom is 0.123 e. The van der Waals surface area contributed by atoms with E-state index in [1.54, 1.807) is 0 Å². The molecule has 0 saturated carbocycles. The molecule has 2 saturated heterocycles. The standard InChI is InChI=1S/C33H30O4/c1-31(21-36-31)19-34-25-15-11-23(12-16-25)33(24-13-17-26(18-14-24)35-20-32(2)22-37-32)29-9-5-3-7-27(29)28-8-4-6-10-30(28)33/h3-18H,19-22H2,1-2H3. The fraction of sp³-hybridized carbons (Fsp3) is 0.273. The molecular weight excluding hydrogens is 460 g/mol. The molecule has 2 atom stereocenters. The molecule has 37 heavy (non-hydrogen) atoms. The van der Waals surface area contributed by atoms with Gasteiger partial charge < -0.3 is 18.9 Å². The fourth-order valence-electron chi connectivity index (χ4n) is 5.51. The van der Waals surface area contributed by atoms with Crippen molar-refractivity contribution >= 4 is 0 Å². The van der Waals surface area contributed by atoms with Crippen LogP contribution >= 0.6 is 0 Å². The van der Waals surface area contributed by atoms with E-state index in [1.807, 2.05) is 0 Å². The van der Waals surface area contributed by atoms with Gasteiger partial charge in [0.2, 0.25) is 0 Å². The highest BCUT2D eigenvalue weighted by Crippen LogP contribution is 2.56. The summed E-state index contributed by atoms with van der Waals surface area (Å²) in [5.74, 6) is 1.71. The van der Waals surface area contributed by atoms with Gasteiger partial charge in [-0.15, -0.1) is 0 Å². The van der Waals surface area contributed by atoms with E-state index < -0.39 is 5.41 Å². The van der Waals surface area contributed by atoms with Gasteiger partial charge in [-0.3, -0.25) is 0 Å². The van der Waals surface area contributed by atoms with Crippen molar-refractivity contribution in [3.05, 3.63) is 119 Å².